The molecule has 0 bridgehead atoms. The van der Waals surface area contributed by atoms with Gasteiger partial charge in [-0.2, -0.15) is 20.8 Å². The monoisotopic (exact) mass is 302 g/mol. The summed E-state index contributed by atoms with van der Waals surface area (Å²) in [6.45, 7) is 1.33. The van der Waals surface area contributed by atoms with Crippen LogP contribution < -0.4 is 44.2 Å². The Balaban J connectivity index is 2.67. The average Bonchev–Trinajstić information content (AvgIpc) is 2.45. The fraction of sp³-hybridized carbons (Fsp3) is 1.00. The first-order valence-corrected chi connectivity index (χ1v) is 8.40. The summed E-state index contributed by atoms with van der Waals surface area (Å²) < 4.78 is 27.3. The molecule has 0 radical (unpaired) electrons. The molecule has 1 fully saturated rings. The Hall–Kier alpha value is 0.0600. The molecule has 18 heavy (non-hydrogen) atoms. The van der Waals surface area contributed by atoms with E-state index in [0.717, 1.165) is 0 Å². The Morgan fingerprint density at radius 2 is 0.889 bits per heavy atom. The van der Waals surface area contributed by atoms with Gasteiger partial charge in [0.1, 0.15) is 0 Å². The molecule has 1 aliphatic heterocycles. The van der Waals surface area contributed by atoms with Crippen LogP contribution in [0.5, 0.6) is 0 Å². The van der Waals surface area contributed by atoms with E-state index in [2.05, 4.69) is 20.8 Å². The first kappa shape index (κ1) is 16.1. The molecule has 0 aromatic heterocycles. The van der Waals surface area contributed by atoms with Gasteiger partial charge in [-0.1, -0.05) is 0 Å². The number of hydrogen-bond acceptors (Lipinski definition) is 6. The Labute approximate surface area is 105 Å². The molecule has 12 nitrogen and oxygen atoms in total. The molecular weight excluding hydrogens is 282 g/mol. The van der Waals surface area contributed by atoms with Crippen molar-refractivity contribution in [1.29, 1.82) is 0 Å². The second kappa shape index (κ2) is 6.48. The van der Waals surface area contributed by atoms with Gasteiger partial charge in [0, 0.05) is 26.2 Å². The SMILES string of the molecule is NNP(=O)(NN)N1CCN(P(=O)(NN)NN)CC1. The molecule has 1 rings (SSSR count). The first-order valence-electron chi connectivity index (χ1n) is 5.08. The third-order valence-electron chi connectivity index (χ3n) is 2.73. The van der Waals surface area contributed by atoms with Crippen molar-refractivity contribution in [2.24, 2.45) is 23.4 Å². The number of piperazine rings is 1. The lowest BCUT2D eigenvalue weighted by molar-refractivity contribution is 0.258. The summed E-state index contributed by atoms with van der Waals surface area (Å²) in [5, 5.41) is 8.63. The van der Waals surface area contributed by atoms with Gasteiger partial charge in [0.2, 0.25) is 0 Å². The van der Waals surface area contributed by atoms with E-state index in [1.807, 2.05) is 0 Å². The van der Waals surface area contributed by atoms with Crippen LogP contribution in [0, 0.1) is 0 Å². The number of nitrogens with zero attached hydrogens (tertiary/aromatic N) is 2. The molecule has 0 spiro atoms. The maximum atomic E-state index is 12.1. The number of hydrogen-bond donors (Lipinski definition) is 8. The largest absolute Gasteiger partial charge is 0.307 e. The van der Waals surface area contributed by atoms with Crippen LogP contribution in [-0.4, -0.2) is 35.5 Å². The molecular formula is C4H20N10O2P2. The Bertz CT molecular complexity index is 306. The third kappa shape index (κ3) is 3.14. The van der Waals surface area contributed by atoms with Gasteiger partial charge in [-0.15, -0.1) is 0 Å². The second-order valence-electron chi connectivity index (χ2n) is 3.58. The van der Waals surface area contributed by atoms with Crippen LogP contribution in [0.25, 0.3) is 0 Å². The van der Waals surface area contributed by atoms with Crippen LogP contribution in [-0.2, 0) is 9.13 Å². The minimum atomic E-state index is -3.18. The second-order valence-corrected chi connectivity index (χ2v) is 8.04. The first-order chi connectivity index (χ1) is 8.45. The predicted molar refractivity (Wildman–Crippen MR) is 67.7 cm³/mol. The topological polar surface area (TPSA) is 193 Å². The zero-order valence-electron chi connectivity index (χ0n) is 9.74. The fourth-order valence-electron chi connectivity index (χ4n) is 1.65. The third-order valence-corrected chi connectivity index (χ3v) is 6.52. The summed E-state index contributed by atoms with van der Waals surface area (Å²) in [4.78, 5) is 0. The van der Waals surface area contributed by atoms with E-state index in [1.54, 1.807) is 9.34 Å². The van der Waals surface area contributed by atoms with Gasteiger partial charge in [-0.3, -0.25) is 32.5 Å². The average molecular weight is 302 g/mol. The summed E-state index contributed by atoms with van der Waals surface area (Å²) >= 11 is 0. The van der Waals surface area contributed by atoms with Crippen LogP contribution in [0.2, 0.25) is 0 Å². The van der Waals surface area contributed by atoms with Crippen molar-refractivity contribution in [1.82, 2.24) is 30.1 Å². The number of nitrogens with one attached hydrogen (secondary N) is 4. The van der Waals surface area contributed by atoms with Crippen LogP contribution in [0.4, 0.5) is 0 Å². The predicted octanol–water partition coefficient (Wildman–Crippen LogP) is -3.33. The van der Waals surface area contributed by atoms with Gasteiger partial charge >= 0.3 is 15.2 Å². The van der Waals surface area contributed by atoms with E-state index >= 15 is 0 Å². The lowest BCUT2D eigenvalue weighted by Crippen LogP contribution is -2.52. The Morgan fingerprint density at radius 3 is 1.06 bits per heavy atom. The van der Waals surface area contributed by atoms with E-state index in [1.165, 1.54) is 0 Å². The Kier molecular flexibility index (Phi) is 5.80. The highest BCUT2D eigenvalue weighted by atomic mass is 31.2. The molecule has 0 aliphatic carbocycles. The number of rotatable bonds is 6. The van der Waals surface area contributed by atoms with Gasteiger partial charge in [-0.25, -0.2) is 9.34 Å². The molecule has 0 aromatic rings. The van der Waals surface area contributed by atoms with Crippen molar-refractivity contribution in [3.63, 3.8) is 0 Å². The van der Waals surface area contributed by atoms with E-state index < -0.39 is 15.2 Å². The summed E-state index contributed by atoms with van der Waals surface area (Å²) in [6.07, 6.45) is 0. The lowest BCUT2D eigenvalue weighted by atomic mass is 10.4. The van der Waals surface area contributed by atoms with Crippen molar-refractivity contribution in [3.8, 4) is 0 Å². The lowest BCUT2D eigenvalue weighted by Gasteiger charge is -2.39. The van der Waals surface area contributed by atoms with Gasteiger partial charge in [0.25, 0.3) is 0 Å². The molecule has 0 amide bonds. The molecule has 12 N–H and O–H groups in total. The normalized spacial score (nSPS) is 20.2. The minimum Gasteiger partial charge on any atom is -0.268 e. The van der Waals surface area contributed by atoms with Crippen molar-refractivity contribution < 1.29 is 9.13 Å². The molecule has 0 aromatic carbocycles. The molecule has 108 valence electrons. The number of nitrogens with two attached hydrogens (primary N) is 4. The summed E-state index contributed by atoms with van der Waals surface area (Å²) in [7, 11) is -6.37. The van der Waals surface area contributed by atoms with Crippen LogP contribution in [0.1, 0.15) is 0 Å². The molecule has 14 heteroatoms. The van der Waals surface area contributed by atoms with E-state index in [4.69, 9.17) is 23.4 Å². The molecule has 0 saturated carbocycles. The zero-order valence-corrected chi connectivity index (χ0v) is 11.5. The molecule has 1 saturated heterocycles. The maximum absolute atomic E-state index is 12.1. The van der Waals surface area contributed by atoms with E-state index in [-0.39, 0.29) is 0 Å². The summed E-state index contributed by atoms with van der Waals surface area (Å²) in [6, 6.07) is 0. The number of hydrazine groups is 4. The van der Waals surface area contributed by atoms with Crippen LogP contribution in [0.3, 0.4) is 0 Å². The minimum absolute atomic E-state index is 0.332. The molecule has 0 unspecified atom stereocenters. The van der Waals surface area contributed by atoms with E-state index in [9.17, 15) is 9.13 Å². The van der Waals surface area contributed by atoms with Crippen molar-refractivity contribution in [2.45, 2.75) is 0 Å². The highest BCUT2D eigenvalue weighted by Crippen LogP contribution is 2.43. The smallest absolute Gasteiger partial charge is 0.268 e. The van der Waals surface area contributed by atoms with Crippen molar-refractivity contribution in [3.05, 3.63) is 0 Å². The fourth-order valence-corrected chi connectivity index (χ4v) is 3.94. The highest BCUT2D eigenvalue weighted by molar-refractivity contribution is 7.57. The van der Waals surface area contributed by atoms with Gasteiger partial charge in [0.15, 0.2) is 0 Å². The molecule has 1 heterocycles. The summed E-state index contributed by atoms with van der Waals surface area (Å²) in [5.74, 6) is 20.8. The summed E-state index contributed by atoms with van der Waals surface area (Å²) in [5.41, 5.74) is 0. The zero-order chi connectivity index (χ0) is 13.8. The quantitative estimate of drug-likeness (QED) is 0.138. The maximum Gasteiger partial charge on any atom is 0.307 e. The van der Waals surface area contributed by atoms with Crippen molar-refractivity contribution >= 4 is 15.2 Å². The standard InChI is InChI=1S/C4H20N10O2P2/c5-9-17(15,10-6)13-1-2-14(4-3-13)18(16,11-7)12-8/h1-8H2,(H2,9,10,15)(H2,11,12,16). The highest BCUT2D eigenvalue weighted by Gasteiger charge is 2.36. The van der Waals surface area contributed by atoms with Crippen LogP contribution in [0.15, 0.2) is 0 Å². The van der Waals surface area contributed by atoms with E-state index in [0.29, 0.717) is 26.2 Å². The molecule has 0 atom stereocenters. The van der Waals surface area contributed by atoms with Crippen molar-refractivity contribution in [2.75, 3.05) is 26.2 Å². The van der Waals surface area contributed by atoms with Gasteiger partial charge < -0.3 is 0 Å². The van der Waals surface area contributed by atoms with Gasteiger partial charge in [-0.05, 0) is 0 Å². The Morgan fingerprint density at radius 1 is 0.667 bits per heavy atom. The van der Waals surface area contributed by atoms with Gasteiger partial charge in [0.05, 0.1) is 0 Å². The van der Waals surface area contributed by atoms with Crippen LogP contribution >= 0.6 is 15.2 Å². The molecule has 1 aliphatic rings.